The Labute approximate surface area is 201 Å². The van der Waals surface area contributed by atoms with Crippen LogP contribution in [0.1, 0.15) is 63.0 Å². The SMILES string of the molecule is O=C(NC12CC3CC(CC(C3)C1)C2)N1CCC(C(Oc2cccc(F)c2)c2ccccc2)CC1. The Morgan fingerprint density at radius 3 is 2.21 bits per heavy atom. The molecular formula is C29H35FN2O2. The summed E-state index contributed by atoms with van der Waals surface area (Å²) < 4.78 is 20.1. The van der Waals surface area contributed by atoms with Gasteiger partial charge in [0.15, 0.2) is 0 Å². The topological polar surface area (TPSA) is 41.6 Å². The molecule has 2 amide bonds. The molecule has 1 heterocycles. The van der Waals surface area contributed by atoms with Crippen LogP contribution < -0.4 is 10.1 Å². The summed E-state index contributed by atoms with van der Waals surface area (Å²) in [5.74, 6) is 3.00. The molecule has 34 heavy (non-hydrogen) atoms. The second-order valence-corrected chi connectivity index (χ2v) is 11.4. The molecular weight excluding hydrogens is 427 g/mol. The maximum atomic E-state index is 13.8. The highest BCUT2D eigenvalue weighted by atomic mass is 19.1. The molecule has 0 aromatic heterocycles. The van der Waals surface area contributed by atoms with E-state index in [2.05, 4.69) is 17.4 Å². The lowest BCUT2D eigenvalue weighted by Crippen LogP contribution is -2.62. The zero-order chi connectivity index (χ0) is 23.1. The normalized spacial score (nSPS) is 31.3. The molecule has 4 aliphatic carbocycles. The van der Waals surface area contributed by atoms with Gasteiger partial charge in [0.2, 0.25) is 0 Å². The number of carbonyl (C=O) groups excluding carboxylic acids is 1. The summed E-state index contributed by atoms with van der Waals surface area (Å²) in [7, 11) is 0. The van der Waals surface area contributed by atoms with E-state index in [-0.39, 0.29) is 29.4 Å². The molecule has 1 atom stereocenters. The minimum atomic E-state index is -0.291. The summed E-state index contributed by atoms with van der Waals surface area (Å²) in [4.78, 5) is 15.3. The third-order valence-electron chi connectivity index (χ3n) is 8.85. The number of hydrogen-bond acceptors (Lipinski definition) is 2. The van der Waals surface area contributed by atoms with Crippen molar-refractivity contribution in [3.05, 3.63) is 66.0 Å². The maximum absolute atomic E-state index is 13.8. The van der Waals surface area contributed by atoms with Crippen molar-refractivity contribution in [1.29, 1.82) is 0 Å². The van der Waals surface area contributed by atoms with Gasteiger partial charge >= 0.3 is 6.03 Å². The van der Waals surface area contributed by atoms with Gasteiger partial charge in [-0.05, 0) is 86.8 Å². The fraction of sp³-hybridized carbons (Fsp3) is 0.552. The van der Waals surface area contributed by atoms with Crippen LogP contribution in [-0.4, -0.2) is 29.6 Å². The average molecular weight is 463 g/mol. The number of rotatable bonds is 5. The molecule has 5 aliphatic rings. The zero-order valence-corrected chi connectivity index (χ0v) is 19.8. The second kappa shape index (κ2) is 8.90. The largest absolute Gasteiger partial charge is 0.485 e. The molecule has 1 unspecified atom stereocenters. The number of piperidine rings is 1. The molecule has 180 valence electrons. The second-order valence-electron chi connectivity index (χ2n) is 11.4. The van der Waals surface area contributed by atoms with E-state index >= 15 is 0 Å². The van der Waals surface area contributed by atoms with Gasteiger partial charge in [-0.15, -0.1) is 0 Å². The lowest BCUT2D eigenvalue weighted by molar-refractivity contribution is -0.0167. The third kappa shape index (κ3) is 4.42. The number of nitrogens with one attached hydrogen (secondary N) is 1. The molecule has 4 nitrogen and oxygen atoms in total. The highest BCUT2D eigenvalue weighted by Gasteiger charge is 2.52. The minimum absolute atomic E-state index is 0.0513. The Bertz CT molecular complexity index is 983. The number of benzene rings is 2. The van der Waals surface area contributed by atoms with E-state index in [9.17, 15) is 9.18 Å². The lowest BCUT2D eigenvalue weighted by atomic mass is 9.53. The van der Waals surface area contributed by atoms with Gasteiger partial charge in [-0.25, -0.2) is 9.18 Å². The highest BCUT2D eigenvalue weighted by Crippen LogP contribution is 2.55. The van der Waals surface area contributed by atoms with Gasteiger partial charge in [0.25, 0.3) is 0 Å². The number of ether oxygens (including phenoxy) is 1. The third-order valence-corrected chi connectivity index (χ3v) is 8.85. The molecule has 4 saturated carbocycles. The first kappa shape index (κ1) is 21.9. The number of halogens is 1. The summed E-state index contributed by atoms with van der Waals surface area (Å²) in [5, 5.41) is 3.53. The molecule has 5 fully saturated rings. The number of nitrogens with zero attached hydrogens (tertiary/aromatic N) is 1. The summed E-state index contributed by atoms with van der Waals surface area (Å²) in [5.41, 5.74) is 1.15. The van der Waals surface area contributed by atoms with E-state index in [1.807, 2.05) is 29.2 Å². The van der Waals surface area contributed by atoms with Gasteiger partial charge in [-0.2, -0.15) is 0 Å². The summed E-state index contributed by atoms with van der Waals surface area (Å²) in [6.07, 6.45) is 9.28. The molecule has 0 radical (unpaired) electrons. The van der Waals surface area contributed by atoms with Crippen molar-refractivity contribution in [2.75, 3.05) is 13.1 Å². The maximum Gasteiger partial charge on any atom is 0.317 e. The van der Waals surface area contributed by atoms with Crippen LogP contribution in [0.4, 0.5) is 9.18 Å². The van der Waals surface area contributed by atoms with E-state index in [4.69, 9.17) is 4.74 Å². The summed E-state index contributed by atoms with van der Waals surface area (Å²) in [6, 6.07) is 16.7. The first-order valence-electron chi connectivity index (χ1n) is 13.1. The van der Waals surface area contributed by atoms with Gasteiger partial charge in [0, 0.05) is 30.6 Å². The predicted molar refractivity (Wildman–Crippen MR) is 130 cm³/mol. The number of likely N-dealkylation sites (tertiary alicyclic amines) is 1. The minimum Gasteiger partial charge on any atom is -0.485 e. The molecule has 0 spiro atoms. The monoisotopic (exact) mass is 462 g/mol. The average Bonchev–Trinajstić information content (AvgIpc) is 2.82. The van der Waals surface area contributed by atoms with Crippen molar-refractivity contribution in [2.24, 2.45) is 23.7 Å². The standard InChI is InChI=1S/C29H35FN2O2/c30-25-7-4-8-26(16-25)34-27(23-5-2-1-3-6-23)24-9-11-32(12-10-24)28(33)31-29-17-20-13-21(18-29)15-22(14-20)19-29/h1-8,16,20-22,24,27H,9-15,17-19H2,(H,31,33). The Hall–Kier alpha value is -2.56. The summed E-state index contributed by atoms with van der Waals surface area (Å²) in [6.45, 7) is 1.47. The first-order valence-corrected chi connectivity index (χ1v) is 13.1. The van der Waals surface area contributed by atoms with Gasteiger partial charge < -0.3 is 15.0 Å². The first-order chi connectivity index (χ1) is 16.6. The fourth-order valence-electron chi connectivity index (χ4n) is 7.74. The molecule has 2 aromatic carbocycles. The van der Waals surface area contributed by atoms with Gasteiger partial charge in [0.1, 0.15) is 17.7 Å². The van der Waals surface area contributed by atoms with Crippen LogP contribution in [0.5, 0.6) is 5.75 Å². The number of amides is 2. The number of carbonyl (C=O) groups is 1. The van der Waals surface area contributed by atoms with E-state index in [1.54, 1.807) is 6.07 Å². The van der Waals surface area contributed by atoms with Gasteiger partial charge in [-0.3, -0.25) is 0 Å². The molecule has 1 saturated heterocycles. The Kier molecular flexibility index (Phi) is 5.74. The van der Waals surface area contributed by atoms with Gasteiger partial charge in [0.05, 0.1) is 0 Å². The van der Waals surface area contributed by atoms with Crippen molar-refractivity contribution < 1.29 is 13.9 Å². The Morgan fingerprint density at radius 1 is 0.941 bits per heavy atom. The lowest BCUT2D eigenvalue weighted by Gasteiger charge is -2.57. The molecule has 1 N–H and O–H groups in total. The summed E-state index contributed by atoms with van der Waals surface area (Å²) >= 11 is 0. The number of urea groups is 1. The predicted octanol–water partition coefficient (Wildman–Crippen LogP) is 6.34. The van der Waals surface area contributed by atoms with Crippen LogP contribution >= 0.6 is 0 Å². The fourth-order valence-corrected chi connectivity index (χ4v) is 7.74. The quantitative estimate of drug-likeness (QED) is 0.564. The van der Waals surface area contributed by atoms with E-state index in [1.165, 1.54) is 50.7 Å². The van der Waals surface area contributed by atoms with Crippen molar-refractivity contribution >= 4 is 6.03 Å². The Morgan fingerprint density at radius 2 is 1.59 bits per heavy atom. The van der Waals surface area contributed by atoms with Crippen LogP contribution in [0.25, 0.3) is 0 Å². The zero-order valence-electron chi connectivity index (χ0n) is 19.8. The molecule has 1 aliphatic heterocycles. The van der Waals surface area contributed by atoms with Crippen molar-refractivity contribution in [1.82, 2.24) is 10.2 Å². The van der Waals surface area contributed by atoms with E-state index in [0.29, 0.717) is 5.75 Å². The van der Waals surface area contributed by atoms with Crippen LogP contribution in [0.3, 0.4) is 0 Å². The van der Waals surface area contributed by atoms with Crippen LogP contribution in [-0.2, 0) is 0 Å². The van der Waals surface area contributed by atoms with Crippen LogP contribution in [0, 0.1) is 29.5 Å². The van der Waals surface area contributed by atoms with Crippen LogP contribution in [0.2, 0.25) is 0 Å². The van der Waals surface area contributed by atoms with Gasteiger partial charge in [-0.1, -0.05) is 36.4 Å². The van der Waals surface area contributed by atoms with Crippen molar-refractivity contribution in [2.45, 2.75) is 63.0 Å². The van der Waals surface area contributed by atoms with Crippen LogP contribution in [0.15, 0.2) is 54.6 Å². The molecule has 2 aromatic rings. The van der Waals surface area contributed by atoms with Crippen molar-refractivity contribution in [3.63, 3.8) is 0 Å². The Balaban J connectivity index is 1.11. The smallest absolute Gasteiger partial charge is 0.317 e. The molecule has 4 bridgehead atoms. The van der Waals surface area contributed by atoms with Crippen molar-refractivity contribution in [3.8, 4) is 5.75 Å². The molecule has 5 heteroatoms. The van der Waals surface area contributed by atoms with E-state index in [0.717, 1.165) is 49.2 Å². The number of hydrogen-bond donors (Lipinski definition) is 1. The van der Waals surface area contributed by atoms with E-state index < -0.39 is 0 Å². The highest BCUT2D eigenvalue weighted by molar-refractivity contribution is 5.75. The molecule has 7 rings (SSSR count).